The number of anilines is 1. The monoisotopic (exact) mass is 495 g/mol. The maximum atomic E-state index is 12.5. The zero-order valence-electron chi connectivity index (χ0n) is 18.9. The van der Waals surface area contributed by atoms with Crippen LogP contribution in [0.2, 0.25) is 0 Å². The van der Waals surface area contributed by atoms with E-state index in [0.29, 0.717) is 43.9 Å². The second-order valence-corrected chi connectivity index (χ2v) is 11.5. The van der Waals surface area contributed by atoms with Gasteiger partial charge in [-0.05, 0) is 56.5 Å². The van der Waals surface area contributed by atoms with Gasteiger partial charge in [0.25, 0.3) is 0 Å². The molecule has 3 N–H and O–H groups in total. The molecule has 0 saturated heterocycles. The fourth-order valence-electron chi connectivity index (χ4n) is 3.46. The minimum atomic E-state index is -3.73. The predicted octanol–water partition coefficient (Wildman–Crippen LogP) is 2.02. The zero-order valence-corrected chi connectivity index (χ0v) is 20.5. The van der Waals surface area contributed by atoms with E-state index in [1.165, 1.54) is 24.3 Å². The van der Waals surface area contributed by atoms with Crippen molar-refractivity contribution >= 4 is 36.7 Å². The van der Waals surface area contributed by atoms with Gasteiger partial charge in [-0.15, -0.1) is 0 Å². The summed E-state index contributed by atoms with van der Waals surface area (Å²) in [6.07, 6.45) is 4.07. The number of aromatic nitrogens is 3. The Kier molecular flexibility index (Phi) is 7.73. The second-order valence-electron chi connectivity index (χ2n) is 7.69. The summed E-state index contributed by atoms with van der Waals surface area (Å²) in [5.74, 6) is 1.11. The summed E-state index contributed by atoms with van der Waals surface area (Å²) in [4.78, 5) is 8.88. The summed E-state index contributed by atoms with van der Waals surface area (Å²) in [5, 5.41) is 0. The molecule has 0 saturated carbocycles. The second kappa shape index (κ2) is 10.2. The van der Waals surface area contributed by atoms with Crippen LogP contribution in [-0.2, 0) is 37.7 Å². The molecule has 2 heterocycles. The maximum absolute atomic E-state index is 12.5. The van der Waals surface area contributed by atoms with E-state index in [9.17, 15) is 16.8 Å². The molecule has 0 aliphatic rings. The number of imidazole rings is 1. The van der Waals surface area contributed by atoms with Gasteiger partial charge in [-0.3, -0.25) is 0 Å². The van der Waals surface area contributed by atoms with E-state index < -0.39 is 19.9 Å². The summed E-state index contributed by atoms with van der Waals surface area (Å²) < 4.78 is 58.3. The topological polar surface area (TPSA) is 146 Å². The number of sulfone groups is 1. The van der Waals surface area contributed by atoms with Crippen LogP contribution >= 0.6 is 0 Å². The normalized spacial score (nSPS) is 12.5. The number of nitrogen functional groups attached to an aromatic ring is 1. The van der Waals surface area contributed by atoms with Gasteiger partial charge < -0.3 is 15.0 Å². The van der Waals surface area contributed by atoms with Crippen molar-refractivity contribution in [1.29, 1.82) is 0 Å². The molecule has 10 nitrogen and oxygen atoms in total. The Morgan fingerprint density at radius 1 is 1.09 bits per heavy atom. The Balaban J connectivity index is 1.64. The SMILES string of the molecule is CCOCc1nc2c(N)ncc(C)c2n1CCCCNS(=O)(=O)c1ccc(S(C)(=O)=O)cc1. The van der Waals surface area contributed by atoms with Gasteiger partial charge >= 0.3 is 0 Å². The lowest BCUT2D eigenvalue weighted by molar-refractivity contribution is 0.126. The van der Waals surface area contributed by atoms with E-state index in [1.54, 1.807) is 6.20 Å². The number of aryl methyl sites for hydroxylation is 2. The number of hydrogen-bond donors (Lipinski definition) is 2. The van der Waals surface area contributed by atoms with Crippen LogP contribution in [0, 0.1) is 6.92 Å². The average molecular weight is 496 g/mol. The van der Waals surface area contributed by atoms with Crippen molar-refractivity contribution in [3.05, 3.63) is 41.9 Å². The molecule has 0 bridgehead atoms. The number of rotatable bonds is 11. The molecule has 0 fully saturated rings. The van der Waals surface area contributed by atoms with Crippen LogP contribution < -0.4 is 10.5 Å². The van der Waals surface area contributed by atoms with Crippen LogP contribution in [0.1, 0.15) is 31.2 Å². The first kappa shape index (κ1) is 25.1. The lowest BCUT2D eigenvalue weighted by atomic mass is 10.2. The first-order valence-corrected chi connectivity index (χ1v) is 13.9. The summed E-state index contributed by atoms with van der Waals surface area (Å²) in [6, 6.07) is 5.16. The zero-order chi connectivity index (χ0) is 24.2. The number of pyridine rings is 1. The fraction of sp³-hybridized carbons (Fsp3) is 0.429. The van der Waals surface area contributed by atoms with Gasteiger partial charge in [0.2, 0.25) is 10.0 Å². The molecule has 2 aromatic heterocycles. The first-order valence-electron chi connectivity index (χ1n) is 10.5. The highest BCUT2D eigenvalue weighted by Crippen LogP contribution is 2.24. The van der Waals surface area contributed by atoms with E-state index >= 15 is 0 Å². The summed E-state index contributed by atoms with van der Waals surface area (Å²) in [5.41, 5.74) is 8.51. The highest BCUT2D eigenvalue weighted by Gasteiger charge is 2.17. The van der Waals surface area contributed by atoms with Gasteiger partial charge in [0.1, 0.15) is 17.9 Å². The van der Waals surface area contributed by atoms with Crippen LogP contribution in [0.15, 0.2) is 40.3 Å². The van der Waals surface area contributed by atoms with Crippen molar-refractivity contribution in [2.75, 3.05) is 25.1 Å². The molecule has 33 heavy (non-hydrogen) atoms. The Morgan fingerprint density at radius 2 is 1.76 bits per heavy atom. The molecule has 12 heteroatoms. The smallest absolute Gasteiger partial charge is 0.240 e. The number of unbranched alkanes of at least 4 members (excludes halogenated alkanes) is 1. The first-order chi connectivity index (χ1) is 15.5. The van der Waals surface area contributed by atoms with Crippen molar-refractivity contribution in [2.45, 2.75) is 49.6 Å². The molecule has 0 aliphatic heterocycles. The van der Waals surface area contributed by atoms with E-state index in [4.69, 9.17) is 10.5 Å². The van der Waals surface area contributed by atoms with Crippen LogP contribution in [-0.4, -0.2) is 50.8 Å². The lowest BCUT2D eigenvalue weighted by Gasteiger charge is -2.11. The van der Waals surface area contributed by atoms with Crippen molar-refractivity contribution in [1.82, 2.24) is 19.3 Å². The van der Waals surface area contributed by atoms with Gasteiger partial charge in [-0.2, -0.15) is 0 Å². The maximum Gasteiger partial charge on any atom is 0.240 e. The third-order valence-corrected chi connectivity index (χ3v) is 7.76. The van der Waals surface area contributed by atoms with Crippen molar-refractivity contribution in [2.24, 2.45) is 0 Å². The number of nitrogens with one attached hydrogen (secondary N) is 1. The number of nitrogens with two attached hydrogens (primary N) is 1. The Labute approximate surface area is 194 Å². The largest absolute Gasteiger partial charge is 0.382 e. The number of ether oxygens (including phenoxy) is 1. The minimum absolute atomic E-state index is 0.0214. The number of fused-ring (bicyclic) bond motifs is 1. The summed E-state index contributed by atoms with van der Waals surface area (Å²) in [7, 11) is -7.12. The van der Waals surface area contributed by atoms with Gasteiger partial charge in [-0.25, -0.2) is 31.5 Å². The molecule has 180 valence electrons. The van der Waals surface area contributed by atoms with Crippen LogP contribution in [0.3, 0.4) is 0 Å². The van der Waals surface area contributed by atoms with Gasteiger partial charge in [0.05, 0.1) is 15.3 Å². The Bertz CT molecular complexity index is 1330. The molecule has 0 amide bonds. The molecule has 0 spiro atoms. The molecule has 0 unspecified atom stereocenters. The Hall–Kier alpha value is -2.54. The third-order valence-electron chi connectivity index (χ3n) is 5.16. The molecular weight excluding hydrogens is 466 g/mol. The van der Waals surface area contributed by atoms with Gasteiger partial charge in [0.15, 0.2) is 15.7 Å². The Morgan fingerprint density at radius 3 is 2.39 bits per heavy atom. The van der Waals surface area contributed by atoms with Gasteiger partial charge in [-0.1, -0.05) is 0 Å². The van der Waals surface area contributed by atoms with Crippen molar-refractivity contribution in [3.8, 4) is 0 Å². The van der Waals surface area contributed by atoms with Crippen LogP contribution in [0.25, 0.3) is 11.0 Å². The van der Waals surface area contributed by atoms with Crippen LogP contribution in [0.5, 0.6) is 0 Å². The van der Waals surface area contributed by atoms with Crippen molar-refractivity contribution < 1.29 is 21.6 Å². The number of sulfonamides is 1. The van der Waals surface area contributed by atoms with Crippen LogP contribution in [0.4, 0.5) is 5.82 Å². The highest BCUT2D eigenvalue weighted by atomic mass is 32.2. The van der Waals surface area contributed by atoms with E-state index in [2.05, 4.69) is 19.3 Å². The van der Waals surface area contributed by atoms with Crippen molar-refractivity contribution in [3.63, 3.8) is 0 Å². The molecule has 3 rings (SSSR count). The fourth-order valence-corrected chi connectivity index (χ4v) is 5.17. The van der Waals surface area contributed by atoms with E-state index in [1.807, 2.05) is 13.8 Å². The van der Waals surface area contributed by atoms with E-state index in [-0.39, 0.29) is 16.3 Å². The molecule has 0 atom stereocenters. The molecule has 1 aromatic carbocycles. The number of nitrogens with zero attached hydrogens (tertiary/aromatic N) is 3. The standard InChI is InChI=1S/C21H29N5O5S2/c1-4-31-14-18-25-19-20(15(2)13-23-21(19)22)26(18)12-6-5-11-24-33(29,30)17-9-7-16(8-10-17)32(3,27)28/h7-10,13,24H,4-6,11-12,14H2,1-3H3,(H2,22,23). The lowest BCUT2D eigenvalue weighted by Crippen LogP contribution is -2.25. The predicted molar refractivity (Wildman–Crippen MR) is 126 cm³/mol. The third kappa shape index (κ3) is 5.88. The molecular formula is C21H29N5O5S2. The van der Waals surface area contributed by atoms with E-state index in [0.717, 1.165) is 23.2 Å². The minimum Gasteiger partial charge on any atom is -0.382 e. The molecule has 0 radical (unpaired) electrons. The average Bonchev–Trinajstić information content (AvgIpc) is 3.13. The summed E-state index contributed by atoms with van der Waals surface area (Å²) in [6.45, 7) is 5.62. The number of benzene rings is 1. The van der Waals surface area contributed by atoms with Gasteiger partial charge in [0, 0.05) is 32.1 Å². The summed E-state index contributed by atoms with van der Waals surface area (Å²) >= 11 is 0. The molecule has 0 aliphatic carbocycles. The quantitative estimate of drug-likeness (QED) is 0.384. The number of hydrogen-bond acceptors (Lipinski definition) is 8. The highest BCUT2D eigenvalue weighted by molar-refractivity contribution is 7.90. The molecule has 3 aromatic rings.